The predicted octanol–water partition coefficient (Wildman–Crippen LogP) is 5.24. The minimum atomic E-state index is -0.0222. The molecule has 3 heterocycles. The van der Waals surface area contributed by atoms with Gasteiger partial charge in [-0.1, -0.05) is 36.4 Å². The molecule has 5 rings (SSSR count). The van der Waals surface area contributed by atoms with Gasteiger partial charge in [0.2, 0.25) is 0 Å². The Morgan fingerprint density at radius 1 is 0.857 bits per heavy atom. The van der Waals surface area contributed by atoms with Gasteiger partial charge in [-0.15, -0.1) is 0 Å². The molecule has 1 aliphatic rings. The van der Waals surface area contributed by atoms with Crippen LogP contribution in [0, 0.1) is 13.8 Å². The van der Waals surface area contributed by atoms with Gasteiger partial charge in [-0.2, -0.15) is 0 Å². The van der Waals surface area contributed by atoms with Crippen LogP contribution < -0.4 is 14.7 Å². The standard InChI is InChI=1S/C29H31N5O/c1-4-34(23-13-12-21(2)22(3)19-23)29(35)26-20-31-28(25-10-6-5-9-24(25)26)33-17-15-32(16-18-33)27-11-7-8-14-30-27/h5-14,19-20H,4,15-18H2,1-3H3. The fourth-order valence-corrected chi connectivity index (χ4v) is 4.77. The summed E-state index contributed by atoms with van der Waals surface area (Å²) in [6.07, 6.45) is 3.60. The molecular formula is C29H31N5O. The molecule has 0 radical (unpaired) electrons. The van der Waals surface area contributed by atoms with Crippen molar-refractivity contribution in [1.82, 2.24) is 9.97 Å². The summed E-state index contributed by atoms with van der Waals surface area (Å²) in [6.45, 7) is 10.2. The molecule has 1 amide bonds. The van der Waals surface area contributed by atoms with Crippen LogP contribution >= 0.6 is 0 Å². The Bertz CT molecular complexity index is 1350. The number of anilines is 3. The summed E-state index contributed by atoms with van der Waals surface area (Å²) in [4.78, 5) is 29.5. The Labute approximate surface area is 206 Å². The van der Waals surface area contributed by atoms with E-state index in [4.69, 9.17) is 4.98 Å². The van der Waals surface area contributed by atoms with Crippen molar-refractivity contribution in [3.05, 3.63) is 89.7 Å². The first kappa shape index (κ1) is 22.8. The number of nitrogens with zero attached hydrogens (tertiary/aromatic N) is 5. The third-order valence-corrected chi connectivity index (χ3v) is 6.92. The van der Waals surface area contributed by atoms with Gasteiger partial charge >= 0.3 is 0 Å². The number of aryl methyl sites for hydroxylation is 2. The minimum absolute atomic E-state index is 0.0222. The third-order valence-electron chi connectivity index (χ3n) is 6.92. The number of pyridine rings is 2. The fourth-order valence-electron chi connectivity index (χ4n) is 4.77. The highest BCUT2D eigenvalue weighted by Gasteiger charge is 2.24. The maximum absolute atomic E-state index is 13.7. The van der Waals surface area contributed by atoms with E-state index >= 15 is 0 Å². The average molecular weight is 466 g/mol. The van der Waals surface area contributed by atoms with E-state index in [1.807, 2.05) is 54.4 Å². The first-order valence-electron chi connectivity index (χ1n) is 12.2. The van der Waals surface area contributed by atoms with Crippen LogP contribution in [0.4, 0.5) is 17.3 Å². The number of rotatable bonds is 5. The molecule has 0 atom stereocenters. The smallest absolute Gasteiger partial charge is 0.260 e. The van der Waals surface area contributed by atoms with Gasteiger partial charge in [0, 0.05) is 56.2 Å². The lowest BCUT2D eigenvalue weighted by Gasteiger charge is -2.36. The topological polar surface area (TPSA) is 52.6 Å². The predicted molar refractivity (Wildman–Crippen MR) is 144 cm³/mol. The second kappa shape index (κ2) is 9.74. The molecule has 1 aliphatic heterocycles. The van der Waals surface area contributed by atoms with Gasteiger partial charge in [0.1, 0.15) is 11.6 Å². The minimum Gasteiger partial charge on any atom is -0.353 e. The average Bonchev–Trinajstić information content (AvgIpc) is 2.91. The molecule has 0 bridgehead atoms. The molecule has 0 unspecified atom stereocenters. The zero-order valence-corrected chi connectivity index (χ0v) is 20.6. The summed E-state index contributed by atoms with van der Waals surface area (Å²) in [5, 5.41) is 1.96. The van der Waals surface area contributed by atoms with E-state index in [1.54, 1.807) is 6.20 Å². The van der Waals surface area contributed by atoms with Crippen molar-refractivity contribution in [2.45, 2.75) is 20.8 Å². The fraction of sp³-hybridized carbons (Fsp3) is 0.276. The van der Waals surface area contributed by atoms with Gasteiger partial charge in [0.25, 0.3) is 5.91 Å². The number of hydrogen-bond donors (Lipinski definition) is 0. The molecule has 0 aliphatic carbocycles. The number of fused-ring (bicyclic) bond motifs is 1. The monoisotopic (exact) mass is 465 g/mol. The molecule has 2 aromatic carbocycles. The maximum atomic E-state index is 13.7. The Kier molecular flexibility index (Phi) is 6.36. The Hall–Kier alpha value is -3.93. The van der Waals surface area contributed by atoms with Gasteiger partial charge in [-0.3, -0.25) is 4.79 Å². The van der Waals surface area contributed by atoms with Crippen LogP contribution in [-0.2, 0) is 0 Å². The van der Waals surface area contributed by atoms with Crippen molar-refractivity contribution in [2.24, 2.45) is 0 Å². The normalized spacial score (nSPS) is 13.8. The molecule has 2 aromatic heterocycles. The lowest BCUT2D eigenvalue weighted by atomic mass is 10.0. The Morgan fingerprint density at radius 2 is 1.57 bits per heavy atom. The number of piperazine rings is 1. The van der Waals surface area contributed by atoms with E-state index in [2.05, 4.69) is 52.9 Å². The van der Waals surface area contributed by atoms with Crippen molar-refractivity contribution in [3.8, 4) is 0 Å². The van der Waals surface area contributed by atoms with Crippen molar-refractivity contribution < 1.29 is 4.79 Å². The van der Waals surface area contributed by atoms with Crippen LogP contribution in [0.3, 0.4) is 0 Å². The van der Waals surface area contributed by atoms with E-state index < -0.39 is 0 Å². The summed E-state index contributed by atoms with van der Waals surface area (Å²) in [5.74, 6) is 1.93. The molecule has 178 valence electrons. The lowest BCUT2D eigenvalue weighted by molar-refractivity contribution is 0.0989. The highest BCUT2D eigenvalue weighted by molar-refractivity contribution is 6.15. The van der Waals surface area contributed by atoms with Crippen molar-refractivity contribution in [3.63, 3.8) is 0 Å². The van der Waals surface area contributed by atoms with Crippen LogP contribution in [0.15, 0.2) is 73.1 Å². The summed E-state index contributed by atoms with van der Waals surface area (Å²) in [5.41, 5.74) is 3.95. The van der Waals surface area contributed by atoms with Gasteiger partial charge in [0.05, 0.1) is 5.56 Å². The summed E-state index contributed by atoms with van der Waals surface area (Å²) < 4.78 is 0. The van der Waals surface area contributed by atoms with Crippen LogP contribution in [0.25, 0.3) is 10.8 Å². The molecule has 4 aromatic rings. The molecule has 0 N–H and O–H groups in total. The van der Waals surface area contributed by atoms with Gasteiger partial charge < -0.3 is 14.7 Å². The largest absolute Gasteiger partial charge is 0.353 e. The number of benzene rings is 2. The zero-order valence-electron chi connectivity index (χ0n) is 20.6. The lowest BCUT2D eigenvalue weighted by Crippen LogP contribution is -2.47. The first-order chi connectivity index (χ1) is 17.1. The number of carbonyl (C=O) groups excluding carboxylic acids is 1. The van der Waals surface area contributed by atoms with Crippen molar-refractivity contribution in [2.75, 3.05) is 47.4 Å². The molecule has 1 fully saturated rings. The van der Waals surface area contributed by atoms with E-state index in [1.165, 1.54) is 11.1 Å². The second-order valence-electron chi connectivity index (χ2n) is 9.02. The number of aromatic nitrogens is 2. The van der Waals surface area contributed by atoms with E-state index in [-0.39, 0.29) is 5.91 Å². The van der Waals surface area contributed by atoms with Gasteiger partial charge in [-0.05, 0) is 61.5 Å². The van der Waals surface area contributed by atoms with Crippen LogP contribution in [0.1, 0.15) is 28.4 Å². The number of hydrogen-bond acceptors (Lipinski definition) is 5. The molecule has 35 heavy (non-hydrogen) atoms. The third kappa shape index (κ3) is 4.44. The summed E-state index contributed by atoms with van der Waals surface area (Å²) in [7, 11) is 0. The Balaban J connectivity index is 1.44. The highest BCUT2D eigenvalue weighted by Crippen LogP contribution is 2.30. The molecule has 6 heteroatoms. The molecule has 0 spiro atoms. The van der Waals surface area contributed by atoms with Gasteiger partial charge in [-0.25, -0.2) is 9.97 Å². The van der Waals surface area contributed by atoms with Crippen molar-refractivity contribution in [1.29, 1.82) is 0 Å². The quantitative estimate of drug-likeness (QED) is 0.403. The molecule has 1 saturated heterocycles. The van der Waals surface area contributed by atoms with Crippen molar-refractivity contribution >= 4 is 34.0 Å². The Morgan fingerprint density at radius 3 is 2.26 bits per heavy atom. The SMILES string of the molecule is CCN(C(=O)c1cnc(N2CCN(c3ccccn3)CC2)c2ccccc12)c1ccc(C)c(C)c1. The van der Waals surface area contributed by atoms with E-state index in [0.717, 1.165) is 54.3 Å². The van der Waals surface area contributed by atoms with Crippen LogP contribution in [0.5, 0.6) is 0 Å². The number of carbonyl (C=O) groups is 1. The second-order valence-corrected chi connectivity index (χ2v) is 9.02. The zero-order chi connectivity index (χ0) is 24.4. The maximum Gasteiger partial charge on any atom is 0.260 e. The molecule has 6 nitrogen and oxygen atoms in total. The molecule has 0 saturated carbocycles. The van der Waals surface area contributed by atoms with Crippen LogP contribution in [0.2, 0.25) is 0 Å². The van der Waals surface area contributed by atoms with Crippen LogP contribution in [-0.4, -0.2) is 48.6 Å². The van der Waals surface area contributed by atoms with E-state index in [9.17, 15) is 4.79 Å². The molecular weight excluding hydrogens is 434 g/mol. The highest BCUT2D eigenvalue weighted by atomic mass is 16.2. The summed E-state index contributed by atoms with van der Waals surface area (Å²) >= 11 is 0. The summed E-state index contributed by atoms with van der Waals surface area (Å²) in [6, 6.07) is 20.3. The van der Waals surface area contributed by atoms with E-state index in [0.29, 0.717) is 12.1 Å². The number of amides is 1. The van der Waals surface area contributed by atoms with Gasteiger partial charge in [0.15, 0.2) is 0 Å². The first-order valence-corrected chi connectivity index (χ1v) is 12.2.